The lowest BCUT2D eigenvalue weighted by molar-refractivity contribution is 0.359. The molecule has 1 atom stereocenters. The molecular formula is C14H15BrN2O. The van der Waals surface area contributed by atoms with E-state index in [4.69, 9.17) is 16.6 Å². The standard InChI is InChI=1S/C14H15BrN2O/c1-10(2)12(6-7-16)13-8-11(18-9-17-3)4-5-14(13)15/h4-5,8,10,12H,6,9H2,1-2H3. The van der Waals surface area contributed by atoms with Crippen molar-refractivity contribution in [2.75, 3.05) is 6.73 Å². The summed E-state index contributed by atoms with van der Waals surface area (Å²) in [7, 11) is 0. The van der Waals surface area contributed by atoms with Crippen molar-refractivity contribution in [1.29, 1.82) is 5.26 Å². The summed E-state index contributed by atoms with van der Waals surface area (Å²) in [6, 6.07) is 7.87. The Morgan fingerprint density at radius 1 is 1.50 bits per heavy atom. The van der Waals surface area contributed by atoms with Crippen LogP contribution in [-0.4, -0.2) is 6.73 Å². The first-order valence-electron chi connectivity index (χ1n) is 5.72. The summed E-state index contributed by atoms with van der Waals surface area (Å²) in [6.45, 7) is 10.9. The highest BCUT2D eigenvalue weighted by Crippen LogP contribution is 2.35. The second-order valence-corrected chi connectivity index (χ2v) is 5.18. The average Bonchev–Trinajstić information content (AvgIpc) is 2.35. The molecule has 1 aromatic carbocycles. The summed E-state index contributed by atoms with van der Waals surface area (Å²) < 4.78 is 6.28. The summed E-state index contributed by atoms with van der Waals surface area (Å²) in [5.41, 5.74) is 1.06. The highest BCUT2D eigenvalue weighted by atomic mass is 79.9. The zero-order chi connectivity index (χ0) is 13.5. The quantitative estimate of drug-likeness (QED) is 0.758. The van der Waals surface area contributed by atoms with Gasteiger partial charge >= 0.3 is 6.73 Å². The Labute approximate surface area is 116 Å². The second-order valence-electron chi connectivity index (χ2n) is 4.33. The van der Waals surface area contributed by atoms with E-state index < -0.39 is 0 Å². The van der Waals surface area contributed by atoms with Crippen molar-refractivity contribution in [3.8, 4) is 11.8 Å². The molecule has 0 heterocycles. The van der Waals surface area contributed by atoms with Gasteiger partial charge in [0.2, 0.25) is 0 Å². The summed E-state index contributed by atoms with van der Waals surface area (Å²) >= 11 is 3.51. The zero-order valence-electron chi connectivity index (χ0n) is 10.5. The second kappa shape index (κ2) is 7.03. The number of hydrogen-bond donors (Lipinski definition) is 0. The average molecular weight is 307 g/mol. The molecule has 0 bridgehead atoms. The van der Waals surface area contributed by atoms with Gasteiger partial charge in [-0.1, -0.05) is 29.8 Å². The molecule has 0 amide bonds. The number of rotatable bonds is 5. The van der Waals surface area contributed by atoms with Crippen molar-refractivity contribution in [1.82, 2.24) is 0 Å². The van der Waals surface area contributed by atoms with E-state index in [0.717, 1.165) is 10.0 Å². The van der Waals surface area contributed by atoms with E-state index in [1.165, 1.54) is 0 Å². The number of benzene rings is 1. The minimum absolute atomic E-state index is 0.0195. The van der Waals surface area contributed by atoms with Crippen LogP contribution in [-0.2, 0) is 0 Å². The maximum atomic E-state index is 8.91. The number of nitrogens with zero attached hydrogens (tertiary/aromatic N) is 2. The Bertz CT molecular complexity index is 486. The Morgan fingerprint density at radius 2 is 2.22 bits per heavy atom. The van der Waals surface area contributed by atoms with Gasteiger partial charge in [-0.15, -0.1) is 0 Å². The molecule has 0 N–H and O–H groups in total. The van der Waals surface area contributed by atoms with E-state index in [1.54, 1.807) is 0 Å². The van der Waals surface area contributed by atoms with Crippen LogP contribution < -0.4 is 4.74 Å². The molecule has 0 aliphatic carbocycles. The van der Waals surface area contributed by atoms with Crippen LogP contribution in [0.15, 0.2) is 22.7 Å². The minimum Gasteiger partial charge on any atom is -0.426 e. The van der Waals surface area contributed by atoms with Crippen molar-refractivity contribution in [3.63, 3.8) is 0 Å². The molecule has 1 aromatic rings. The molecule has 0 aliphatic heterocycles. The molecule has 0 saturated carbocycles. The van der Waals surface area contributed by atoms with Crippen LogP contribution in [0.3, 0.4) is 0 Å². The Morgan fingerprint density at radius 3 is 2.78 bits per heavy atom. The van der Waals surface area contributed by atoms with Gasteiger partial charge in [0.1, 0.15) is 5.75 Å². The molecule has 94 valence electrons. The molecule has 0 fully saturated rings. The van der Waals surface area contributed by atoms with E-state index in [9.17, 15) is 0 Å². The normalized spacial score (nSPS) is 11.7. The van der Waals surface area contributed by atoms with Gasteiger partial charge in [0.15, 0.2) is 0 Å². The summed E-state index contributed by atoms with van der Waals surface area (Å²) in [6.07, 6.45) is 0.475. The van der Waals surface area contributed by atoms with Gasteiger partial charge < -0.3 is 4.74 Å². The summed E-state index contributed by atoms with van der Waals surface area (Å²) in [4.78, 5) is 3.16. The lowest BCUT2D eigenvalue weighted by Gasteiger charge is -2.20. The van der Waals surface area contributed by atoms with Crippen LogP contribution in [0.2, 0.25) is 0 Å². The SMILES string of the molecule is [C-]#[N+]COc1ccc(Br)c(C(CC#N)C(C)C)c1. The zero-order valence-corrected chi connectivity index (χ0v) is 12.1. The Kier molecular flexibility index (Phi) is 5.68. The van der Waals surface area contributed by atoms with Crippen molar-refractivity contribution >= 4 is 15.9 Å². The Balaban J connectivity index is 3.05. The molecule has 0 radical (unpaired) electrons. The molecule has 0 saturated heterocycles. The fraction of sp³-hybridized carbons (Fsp3) is 0.429. The third-order valence-corrected chi connectivity index (χ3v) is 3.50. The largest absolute Gasteiger partial charge is 0.426 e. The molecule has 3 nitrogen and oxygen atoms in total. The van der Waals surface area contributed by atoms with Gasteiger partial charge in [0.25, 0.3) is 0 Å². The van der Waals surface area contributed by atoms with Gasteiger partial charge in [-0.05, 0) is 29.7 Å². The molecular weight excluding hydrogens is 292 g/mol. The van der Waals surface area contributed by atoms with E-state index in [0.29, 0.717) is 18.1 Å². The van der Waals surface area contributed by atoms with Crippen molar-refractivity contribution in [3.05, 3.63) is 39.7 Å². The van der Waals surface area contributed by atoms with E-state index >= 15 is 0 Å². The Hall–Kier alpha value is -1.52. The monoisotopic (exact) mass is 306 g/mol. The summed E-state index contributed by atoms with van der Waals surface area (Å²) in [5, 5.41) is 8.91. The number of nitriles is 1. The number of hydrogen-bond acceptors (Lipinski definition) is 2. The van der Waals surface area contributed by atoms with E-state index in [1.807, 2.05) is 18.2 Å². The molecule has 0 aromatic heterocycles. The first kappa shape index (κ1) is 14.5. The fourth-order valence-electron chi connectivity index (χ4n) is 1.81. The molecule has 4 heteroatoms. The van der Waals surface area contributed by atoms with Gasteiger partial charge in [-0.2, -0.15) is 5.26 Å². The van der Waals surface area contributed by atoms with Gasteiger partial charge in [-0.25, -0.2) is 6.57 Å². The van der Waals surface area contributed by atoms with Gasteiger partial charge in [0, 0.05) is 16.8 Å². The smallest absolute Gasteiger partial charge is 0.357 e. The van der Waals surface area contributed by atoms with Crippen LogP contribution in [0.4, 0.5) is 0 Å². The topological polar surface area (TPSA) is 37.4 Å². The number of halogens is 1. The first-order chi connectivity index (χ1) is 8.60. The fourth-order valence-corrected chi connectivity index (χ4v) is 2.35. The molecule has 0 aliphatic rings. The summed E-state index contributed by atoms with van der Waals surface area (Å²) in [5.74, 6) is 1.21. The van der Waals surface area contributed by atoms with Gasteiger partial charge in [-0.3, -0.25) is 4.85 Å². The highest BCUT2D eigenvalue weighted by molar-refractivity contribution is 9.10. The third kappa shape index (κ3) is 3.75. The van der Waals surface area contributed by atoms with Crippen LogP contribution in [0.25, 0.3) is 4.85 Å². The van der Waals surface area contributed by atoms with Crippen LogP contribution in [0, 0.1) is 23.8 Å². The van der Waals surface area contributed by atoms with Crippen molar-refractivity contribution < 1.29 is 4.74 Å². The van der Waals surface area contributed by atoms with Crippen LogP contribution >= 0.6 is 15.9 Å². The maximum Gasteiger partial charge on any atom is 0.357 e. The molecule has 1 unspecified atom stereocenters. The van der Waals surface area contributed by atoms with Crippen LogP contribution in [0.5, 0.6) is 5.75 Å². The van der Waals surface area contributed by atoms with Crippen molar-refractivity contribution in [2.45, 2.75) is 26.2 Å². The van der Waals surface area contributed by atoms with E-state index in [-0.39, 0.29) is 12.6 Å². The maximum absolute atomic E-state index is 8.91. The van der Waals surface area contributed by atoms with Gasteiger partial charge in [0.05, 0.1) is 6.07 Å². The number of ether oxygens (including phenoxy) is 1. The lowest BCUT2D eigenvalue weighted by Crippen LogP contribution is -2.07. The minimum atomic E-state index is 0.0195. The van der Waals surface area contributed by atoms with Crippen molar-refractivity contribution in [2.24, 2.45) is 5.92 Å². The lowest BCUT2D eigenvalue weighted by atomic mass is 9.86. The predicted molar refractivity (Wildman–Crippen MR) is 74.0 cm³/mol. The molecule has 18 heavy (non-hydrogen) atoms. The predicted octanol–water partition coefficient (Wildman–Crippen LogP) is 4.36. The van der Waals surface area contributed by atoms with Crippen LogP contribution in [0.1, 0.15) is 31.7 Å². The molecule has 1 rings (SSSR count). The third-order valence-electron chi connectivity index (χ3n) is 2.78. The first-order valence-corrected chi connectivity index (χ1v) is 6.51. The molecule has 0 spiro atoms. The van der Waals surface area contributed by atoms with E-state index in [2.05, 4.69) is 40.7 Å². The highest BCUT2D eigenvalue weighted by Gasteiger charge is 2.19.